The Balaban J connectivity index is 0.000000197. The Morgan fingerprint density at radius 3 is 1.96 bits per heavy atom. The smallest absolute Gasteiger partial charge is 0.335 e. The zero-order chi connectivity index (χ0) is 19.1. The van der Waals surface area contributed by atoms with Gasteiger partial charge in [-0.2, -0.15) is 0 Å². The normalized spacial score (nSPS) is 9.93. The molecule has 0 bridgehead atoms. The molecule has 0 saturated heterocycles. The van der Waals surface area contributed by atoms with Crippen molar-refractivity contribution in [1.82, 2.24) is 4.98 Å². The van der Waals surface area contributed by atoms with Crippen LogP contribution in [0.15, 0.2) is 91.1 Å². The number of benzene rings is 3. The molecule has 27 heavy (non-hydrogen) atoms. The number of fused-ring (bicyclic) bond motifs is 1. The Morgan fingerprint density at radius 2 is 1.37 bits per heavy atom. The third-order valence-corrected chi connectivity index (χ3v) is 3.90. The van der Waals surface area contributed by atoms with Gasteiger partial charge in [0.15, 0.2) is 0 Å². The van der Waals surface area contributed by atoms with Gasteiger partial charge >= 0.3 is 5.97 Å². The van der Waals surface area contributed by atoms with Gasteiger partial charge in [-0.1, -0.05) is 42.5 Å². The number of hydrogen-bond acceptors (Lipinski definition) is 2. The summed E-state index contributed by atoms with van der Waals surface area (Å²) >= 11 is 0. The van der Waals surface area contributed by atoms with E-state index in [4.69, 9.17) is 5.11 Å². The lowest BCUT2D eigenvalue weighted by molar-refractivity contribution is 0.0696. The van der Waals surface area contributed by atoms with Crippen LogP contribution in [0.1, 0.15) is 20.7 Å². The van der Waals surface area contributed by atoms with E-state index >= 15 is 0 Å². The van der Waals surface area contributed by atoms with Crippen molar-refractivity contribution in [3.63, 3.8) is 0 Å². The average Bonchev–Trinajstić information content (AvgIpc) is 3.20. The standard InChI is InChI=1S/C15H12N2O.C7H6O2/c18-15(11-5-2-1-3-6-11)17-14-8-4-7-13-12(14)9-10-16-13;8-7(9)6-4-2-1-3-5-6/h1-10,16H,(H,17,18);1-5H,(H,8,9). The van der Waals surface area contributed by atoms with E-state index in [1.807, 2.05) is 48.7 Å². The number of amides is 1. The Bertz CT molecular complexity index is 1040. The Kier molecular flexibility index (Phi) is 5.64. The molecule has 5 heteroatoms. The maximum absolute atomic E-state index is 12.1. The van der Waals surface area contributed by atoms with Crippen LogP contribution in [0.25, 0.3) is 10.9 Å². The summed E-state index contributed by atoms with van der Waals surface area (Å²) in [6, 6.07) is 25.2. The summed E-state index contributed by atoms with van der Waals surface area (Å²) in [5.74, 6) is -0.972. The number of carboxylic acids is 1. The van der Waals surface area contributed by atoms with E-state index in [0.717, 1.165) is 16.6 Å². The molecule has 1 aromatic heterocycles. The fourth-order valence-electron chi connectivity index (χ4n) is 2.56. The molecule has 0 spiro atoms. The minimum Gasteiger partial charge on any atom is -0.478 e. The molecule has 0 aliphatic rings. The SMILES string of the molecule is O=C(Nc1cccc2[nH]ccc12)c1ccccc1.O=C(O)c1ccccc1. The molecule has 0 fully saturated rings. The molecular formula is C22H18N2O3. The number of aromatic nitrogens is 1. The zero-order valence-electron chi connectivity index (χ0n) is 14.4. The van der Waals surface area contributed by atoms with Gasteiger partial charge < -0.3 is 15.4 Å². The van der Waals surface area contributed by atoms with Crippen molar-refractivity contribution < 1.29 is 14.7 Å². The highest BCUT2D eigenvalue weighted by molar-refractivity contribution is 6.08. The number of aromatic carboxylic acids is 1. The molecule has 3 N–H and O–H groups in total. The number of hydrogen-bond donors (Lipinski definition) is 3. The highest BCUT2D eigenvalue weighted by atomic mass is 16.4. The first kappa shape index (κ1) is 17.9. The second-order valence-electron chi connectivity index (χ2n) is 5.74. The molecule has 0 saturated carbocycles. The minimum absolute atomic E-state index is 0.0932. The number of anilines is 1. The average molecular weight is 358 g/mol. The van der Waals surface area contributed by atoms with E-state index in [0.29, 0.717) is 11.1 Å². The van der Waals surface area contributed by atoms with Crippen LogP contribution in [0.3, 0.4) is 0 Å². The summed E-state index contributed by atoms with van der Waals surface area (Å²) in [5.41, 5.74) is 2.83. The molecule has 1 amide bonds. The number of aromatic amines is 1. The Morgan fingerprint density at radius 1 is 0.741 bits per heavy atom. The van der Waals surface area contributed by atoms with E-state index < -0.39 is 5.97 Å². The van der Waals surface area contributed by atoms with Gasteiger partial charge in [0.2, 0.25) is 0 Å². The van der Waals surface area contributed by atoms with Gasteiger partial charge in [-0.15, -0.1) is 0 Å². The second kappa shape index (κ2) is 8.49. The molecular weight excluding hydrogens is 340 g/mol. The van der Waals surface area contributed by atoms with Crippen LogP contribution in [-0.4, -0.2) is 22.0 Å². The number of carboxylic acid groups (broad SMARTS) is 1. The van der Waals surface area contributed by atoms with Crippen molar-refractivity contribution in [2.24, 2.45) is 0 Å². The van der Waals surface area contributed by atoms with Gasteiger partial charge in [0.05, 0.1) is 11.3 Å². The Labute approximate surface area is 156 Å². The summed E-state index contributed by atoms with van der Waals surface area (Å²) in [4.78, 5) is 25.4. The molecule has 5 nitrogen and oxygen atoms in total. The van der Waals surface area contributed by atoms with E-state index in [9.17, 15) is 9.59 Å². The van der Waals surface area contributed by atoms with Crippen LogP contribution in [0, 0.1) is 0 Å². The molecule has 0 aliphatic heterocycles. The number of H-pyrrole nitrogens is 1. The number of carbonyl (C=O) groups is 2. The second-order valence-corrected chi connectivity index (χ2v) is 5.74. The monoisotopic (exact) mass is 358 g/mol. The molecule has 0 radical (unpaired) electrons. The van der Waals surface area contributed by atoms with Crippen molar-refractivity contribution >= 4 is 28.5 Å². The van der Waals surface area contributed by atoms with Gasteiger partial charge in [-0.05, 0) is 42.5 Å². The van der Waals surface area contributed by atoms with Crippen LogP contribution < -0.4 is 5.32 Å². The van der Waals surface area contributed by atoms with E-state index in [1.165, 1.54) is 0 Å². The molecule has 134 valence electrons. The van der Waals surface area contributed by atoms with Crippen molar-refractivity contribution in [1.29, 1.82) is 0 Å². The third-order valence-electron chi connectivity index (χ3n) is 3.90. The summed E-state index contributed by atoms with van der Waals surface area (Å²) in [6.07, 6.45) is 1.86. The fourth-order valence-corrected chi connectivity index (χ4v) is 2.56. The Hall–Kier alpha value is -3.86. The van der Waals surface area contributed by atoms with Crippen molar-refractivity contribution in [3.8, 4) is 0 Å². The van der Waals surface area contributed by atoms with Gasteiger partial charge in [-0.25, -0.2) is 4.79 Å². The van der Waals surface area contributed by atoms with E-state index in [1.54, 1.807) is 42.5 Å². The summed E-state index contributed by atoms with van der Waals surface area (Å²) in [6.45, 7) is 0. The van der Waals surface area contributed by atoms with E-state index in [-0.39, 0.29) is 5.91 Å². The quantitative estimate of drug-likeness (QED) is 0.492. The van der Waals surface area contributed by atoms with Gasteiger partial charge in [0.1, 0.15) is 0 Å². The van der Waals surface area contributed by atoms with Crippen molar-refractivity contribution in [3.05, 3.63) is 102 Å². The van der Waals surface area contributed by atoms with Crippen LogP contribution in [0.4, 0.5) is 5.69 Å². The van der Waals surface area contributed by atoms with Crippen molar-refractivity contribution in [2.45, 2.75) is 0 Å². The number of nitrogens with one attached hydrogen (secondary N) is 2. The topological polar surface area (TPSA) is 82.2 Å². The van der Waals surface area contributed by atoms with Crippen LogP contribution in [-0.2, 0) is 0 Å². The summed E-state index contributed by atoms with van der Waals surface area (Å²) < 4.78 is 0. The number of rotatable bonds is 3. The predicted molar refractivity (Wildman–Crippen MR) is 106 cm³/mol. The highest BCUT2D eigenvalue weighted by Gasteiger charge is 2.07. The molecule has 4 aromatic rings. The zero-order valence-corrected chi connectivity index (χ0v) is 14.4. The first-order valence-electron chi connectivity index (χ1n) is 8.36. The van der Waals surface area contributed by atoms with Crippen LogP contribution in [0.5, 0.6) is 0 Å². The van der Waals surface area contributed by atoms with Gasteiger partial charge in [0.25, 0.3) is 5.91 Å². The maximum atomic E-state index is 12.1. The lowest BCUT2D eigenvalue weighted by Crippen LogP contribution is -2.11. The first-order chi connectivity index (χ1) is 13.1. The molecule has 3 aromatic carbocycles. The van der Waals surface area contributed by atoms with Crippen LogP contribution in [0.2, 0.25) is 0 Å². The molecule has 1 heterocycles. The number of carbonyl (C=O) groups excluding carboxylic acids is 1. The molecule has 4 rings (SSSR count). The lowest BCUT2D eigenvalue weighted by Gasteiger charge is -2.06. The van der Waals surface area contributed by atoms with Crippen LogP contribution >= 0.6 is 0 Å². The molecule has 0 atom stereocenters. The summed E-state index contributed by atoms with van der Waals surface area (Å²) in [5, 5.41) is 12.3. The largest absolute Gasteiger partial charge is 0.478 e. The first-order valence-corrected chi connectivity index (χ1v) is 8.36. The predicted octanol–water partition coefficient (Wildman–Crippen LogP) is 4.81. The van der Waals surface area contributed by atoms with Crippen molar-refractivity contribution in [2.75, 3.05) is 5.32 Å². The minimum atomic E-state index is -0.879. The van der Waals surface area contributed by atoms with Gasteiger partial charge in [-0.3, -0.25) is 4.79 Å². The third kappa shape index (κ3) is 4.61. The van der Waals surface area contributed by atoms with E-state index in [2.05, 4.69) is 10.3 Å². The lowest BCUT2D eigenvalue weighted by atomic mass is 10.2. The highest BCUT2D eigenvalue weighted by Crippen LogP contribution is 2.22. The summed E-state index contributed by atoms with van der Waals surface area (Å²) in [7, 11) is 0. The maximum Gasteiger partial charge on any atom is 0.335 e. The van der Waals surface area contributed by atoms with Gasteiger partial charge in [0, 0.05) is 22.7 Å². The fraction of sp³-hybridized carbons (Fsp3) is 0. The molecule has 0 aliphatic carbocycles. The molecule has 0 unspecified atom stereocenters.